The smallest absolute Gasteiger partial charge is 0.100 e. The molecule has 29 heavy (non-hydrogen) atoms. The molecule has 0 amide bonds. The molecule has 1 aliphatic carbocycles. The maximum atomic E-state index is 13.4. The zero-order chi connectivity index (χ0) is 20.6. The maximum Gasteiger partial charge on any atom is 0.100 e. The van der Waals surface area contributed by atoms with Gasteiger partial charge in [-0.05, 0) is 81.4 Å². The number of halogens is 1. The Hall–Kier alpha value is -1.67. The fourth-order valence-electron chi connectivity index (χ4n) is 4.81. The average molecular weight is 396 g/mol. The lowest BCUT2D eigenvalue weighted by molar-refractivity contribution is 0.132. The molecular weight excluding hydrogens is 357 g/mol. The first-order chi connectivity index (χ1) is 14.1. The van der Waals surface area contributed by atoms with Crippen LogP contribution in [0.5, 0.6) is 0 Å². The number of hydrogen-bond donors (Lipinski definition) is 0. The summed E-state index contributed by atoms with van der Waals surface area (Å²) in [6, 6.07) is 21.2. The summed E-state index contributed by atoms with van der Waals surface area (Å²) in [6.07, 6.45) is 6.38. The van der Waals surface area contributed by atoms with Crippen LogP contribution in [0.2, 0.25) is 0 Å². The van der Waals surface area contributed by atoms with Crippen LogP contribution in [-0.2, 0) is 13.0 Å². The SMILES string of the molecule is CCC(CCc1ccc(C2CCC(F)CC2)cc1)N(Cc1ccccc1)C(C)C. The molecule has 1 fully saturated rings. The lowest BCUT2D eigenvalue weighted by atomic mass is 9.83. The van der Waals surface area contributed by atoms with Crippen LogP contribution in [0.3, 0.4) is 0 Å². The first-order valence-electron chi connectivity index (χ1n) is 11.6. The Morgan fingerprint density at radius 2 is 1.55 bits per heavy atom. The monoisotopic (exact) mass is 395 g/mol. The van der Waals surface area contributed by atoms with Gasteiger partial charge in [-0.3, -0.25) is 4.90 Å². The third kappa shape index (κ3) is 6.40. The quantitative estimate of drug-likeness (QED) is 0.430. The van der Waals surface area contributed by atoms with Crippen molar-refractivity contribution < 1.29 is 4.39 Å². The zero-order valence-electron chi connectivity index (χ0n) is 18.5. The Balaban J connectivity index is 1.57. The number of aryl methyl sites for hydroxylation is 1. The topological polar surface area (TPSA) is 3.24 Å². The molecular formula is C27H38FN. The van der Waals surface area contributed by atoms with Crippen LogP contribution in [0.15, 0.2) is 54.6 Å². The molecule has 1 aliphatic rings. The van der Waals surface area contributed by atoms with E-state index in [9.17, 15) is 4.39 Å². The van der Waals surface area contributed by atoms with Crippen molar-refractivity contribution in [2.24, 2.45) is 0 Å². The van der Waals surface area contributed by atoms with Crippen molar-refractivity contribution in [2.45, 2.75) is 96.4 Å². The zero-order valence-corrected chi connectivity index (χ0v) is 18.5. The van der Waals surface area contributed by atoms with E-state index in [1.165, 1.54) is 29.5 Å². The van der Waals surface area contributed by atoms with E-state index in [1.54, 1.807) is 0 Å². The van der Waals surface area contributed by atoms with E-state index < -0.39 is 6.17 Å². The van der Waals surface area contributed by atoms with Crippen molar-refractivity contribution in [1.29, 1.82) is 0 Å². The molecule has 158 valence electrons. The van der Waals surface area contributed by atoms with Crippen LogP contribution in [0.4, 0.5) is 4.39 Å². The van der Waals surface area contributed by atoms with Gasteiger partial charge in [0.1, 0.15) is 6.17 Å². The molecule has 1 saturated carbocycles. The molecule has 0 N–H and O–H groups in total. The Labute approximate surface area is 177 Å². The van der Waals surface area contributed by atoms with Crippen molar-refractivity contribution in [3.8, 4) is 0 Å². The van der Waals surface area contributed by atoms with Gasteiger partial charge in [-0.15, -0.1) is 0 Å². The van der Waals surface area contributed by atoms with E-state index >= 15 is 0 Å². The second-order valence-corrected chi connectivity index (χ2v) is 9.04. The third-order valence-corrected chi connectivity index (χ3v) is 6.69. The summed E-state index contributed by atoms with van der Waals surface area (Å²) in [7, 11) is 0. The molecule has 2 heteroatoms. The van der Waals surface area contributed by atoms with Crippen molar-refractivity contribution in [3.63, 3.8) is 0 Å². The number of nitrogens with zero attached hydrogens (tertiary/aromatic N) is 1. The van der Waals surface area contributed by atoms with Crippen molar-refractivity contribution in [3.05, 3.63) is 71.3 Å². The normalized spacial score (nSPS) is 20.9. The van der Waals surface area contributed by atoms with Gasteiger partial charge in [0.25, 0.3) is 0 Å². The van der Waals surface area contributed by atoms with Crippen molar-refractivity contribution >= 4 is 0 Å². The van der Waals surface area contributed by atoms with Gasteiger partial charge in [0.2, 0.25) is 0 Å². The Kier molecular flexibility index (Phi) is 8.29. The standard InChI is InChI=1S/C27H38FN/c1-4-27(29(21(2)3)20-23-8-6-5-7-9-23)19-12-22-10-13-24(14-11-22)25-15-17-26(28)18-16-25/h5-11,13-14,21,25-27H,4,12,15-20H2,1-3H3. The van der Waals surface area contributed by atoms with Gasteiger partial charge in [-0.25, -0.2) is 4.39 Å². The minimum atomic E-state index is -0.573. The van der Waals surface area contributed by atoms with E-state index in [0.29, 0.717) is 18.0 Å². The van der Waals surface area contributed by atoms with E-state index in [2.05, 4.69) is 80.3 Å². The largest absolute Gasteiger partial charge is 0.294 e. The Bertz CT molecular complexity index is 701. The molecule has 1 nitrogen and oxygen atoms in total. The van der Waals surface area contributed by atoms with E-state index in [0.717, 1.165) is 38.6 Å². The van der Waals surface area contributed by atoms with Crippen LogP contribution in [0, 0.1) is 0 Å². The van der Waals surface area contributed by atoms with Crippen molar-refractivity contribution in [2.75, 3.05) is 0 Å². The van der Waals surface area contributed by atoms with Gasteiger partial charge >= 0.3 is 0 Å². The van der Waals surface area contributed by atoms with Crippen LogP contribution < -0.4 is 0 Å². The minimum absolute atomic E-state index is 0.535. The second kappa shape index (κ2) is 10.9. The van der Waals surface area contributed by atoms with Crippen LogP contribution >= 0.6 is 0 Å². The predicted octanol–water partition coefficient (Wildman–Crippen LogP) is 7.30. The summed E-state index contributed by atoms with van der Waals surface area (Å²) in [6.45, 7) is 7.96. The lowest BCUT2D eigenvalue weighted by Crippen LogP contribution is -2.39. The molecule has 2 aromatic rings. The van der Waals surface area contributed by atoms with E-state index in [-0.39, 0.29) is 0 Å². The minimum Gasteiger partial charge on any atom is -0.294 e. The highest BCUT2D eigenvalue weighted by molar-refractivity contribution is 5.26. The molecule has 0 spiro atoms. The third-order valence-electron chi connectivity index (χ3n) is 6.69. The average Bonchev–Trinajstić information content (AvgIpc) is 2.75. The Morgan fingerprint density at radius 3 is 2.14 bits per heavy atom. The second-order valence-electron chi connectivity index (χ2n) is 9.04. The van der Waals surface area contributed by atoms with Crippen LogP contribution in [-0.4, -0.2) is 23.2 Å². The molecule has 0 bridgehead atoms. The summed E-state index contributed by atoms with van der Waals surface area (Å²) in [5.41, 5.74) is 4.22. The molecule has 0 saturated heterocycles. The van der Waals surface area contributed by atoms with Crippen LogP contribution in [0.25, 0.3) is 0 Å². The number of benzene rings is 2. The van der Waals surface area contributed by atoms with Gasteiger partial charge in [0, 0.05) is 18.6 Å². The molecule has 3 rings (SSSR count). The van der Waals surface area contributed by atoms with Gasteiger partial charge < -0.3 is 0 Å². The fraction of sp³-hybridized carbons (Fsp3) is 0.556. The molecule has 1 atom stereocenters. The van der Waals surface area contributed by atoms with Gasteiger partial charge in [0.15, 0.2) is 0 Å². The summed E-state index contributed by atoms with van der Waals surface area (Å²) >= 11 is 0. The van der Waals surface area contributed by atoms with E-state index in [1.807, 2.05) is 0 Å². The highest BCUT2D eigenvalue weighted by atomic mass is 19.1. The summed E-state index contributed by atoms with van der Waals surface area (Å²) in [5, 5.41) is 0. The molecule has 0 radical (unpaired) electrons. The lowest BCUT2D eigenvalue weighted by Gasteiger charge is -2.35. The molecule has 0 heterocycles. The number of alkyl halides is 1. The molecule has 0 aromatic heterocycles. The highest BCUT2D eigenvalue weighted by Gasteiger charge is 2.22. The highest BCUT2D eigenvalue weighted by Crippen LogP contribution is 2.34. The first kappa shape index (κ1) is 22.0. The maximum absolute atomic E-state index is 13.4. The fourth-order valence-corrected chi connectivity index (χ4v) is 4.81. The summed E-state index contributed by atoms with van der Waals surface area (Å²) < 4.78 is 13.4. The summed E-state index contributed by atoms with van der Waals surface area (Å²) in [4.78, 5) is 2.65. The predicted molar refractivity (Wildman–Crippen MR) is 122 cm³/mol. The summed E-state index contributed by atoms with van der Waals surface area (Å²) in [5.74, 6) is 0.557. The van der Waals surface area contributed by atoms with Crippen LogP contribution in [0.1, 0.15) is 81.9 Å². The molecule has 1 unspecified atom stereocenters. The Morgan fingerprint density at radius 1 is 0.897 bits per heavy atom. The number of hydrogen-bond acceptors (Lipinski definition) is 1. The first-order valence-corrected chi connectivity index (χ1v) is 11.6. The molecule has 0 aliphatic heterocycles. The number of rotatable bonds is 9. The van der Waals surface area contributed by atoms with Gasteiger partial charge in [-0.2, -0.15) is 0 Å². The molecule has 2 aromatic carbocycles. The van der Waals surface area contributed by atoms with Gasteiger partial charge in [-0.1, -0.05) is 61.5 Å². The van der Waals surface area contributed by atoms with Gasteiger partial charge in [0.05, 0.1) is 0 Å². The van der Waals surface area contributed by atoms with Crippen molar-refractivity contribution in [1.82, 2.24) is 4.90 Å². The van der Waals surface area contributed by atoms with E-state index in [4.69, 9.17) is 0 Å².